The van der Waals surface area contributed by atoms with Crippen molar-refractivity contribution in [2.45, 2.75) is 26.8 Å². The summed E-state index contributed by atoms with van der Waals surface area (Å²) in [4.78, 5) is 42.7. The van der Waals surface area contributed by atoms with Gasteiger partial charge in [0.25, 0.3) is 5.56 Å². The first-order valence-corrected chi connectivity index (χ1v) is 9.75. The van der Waals surface area contributed by atoms with Gasteiger partial charge in [-0.1, -0.05) is 6.92 Å². The standard InChI is InChI=1S/C17H17N3O4S2/c1-3-10-7-12-14(26-10)18-9-20(16(12)22)8-13(21)19-15-11(5-6-25-15)17(23)24-4-2/h5-7,9H,3-4,8H2,1-2H3,(H,19,21). The number of amides is 1. The molecule has 136 valence electrons. The van der Waals surface area contributed by atoms with Crippen molar-refractivity contribution < 1.29 is 14.3 Å². The third kappa shape index (κ3) is 3.68. The van der Waals surface area contributed by atoms with E-state index in [9.17, 15) is 14.4 Å². The van der Waals surface area contributed by atoms with Crippen LogP contribution >= 0.6 is 22.7 Å². The molecule has 0 atom stereocenters. The number of aromatic nitrogens is 2. The topological polar surface area (TPSA) is 90.3 Å². The van der Waals surface area contributed by atoms with Crippen LogP contribution in [-0.2, 0) is 22.5 Å². The molecule has 9 heteroatoms. The predicted molar refractivity (Wildman–Crippen MR) is 102 cm³/mol. The van der Waals surface area contributed by atoms with Gasteiger partial charge in [0.2, 0.25) is 5.91 Å². The fourth-order valence-electron chi connectivity index (χ4n) is 2.39. The zero-order valence-corrected chi connectivity index (χ0v) is 15.9. The van der Waals surface area contributed by atoms with Gasteiger partial charge in [0.1, 0.15) is 16.4 Å². The number of thiophene rings is 2. The quantitative estimate of drug-likeness (QED) is 0.653. The number of ether oxygens (including phenoxy) is 1. The van der Waals surface area contributed by atoms with Crippen molar-refractivity contribution in [1.29, 1.82) is 0 Å². The lowest BCUT2D eigenvalue weighted by molar-refractivity contribution is -0.116. The molecule has 3 aromatic rings. The van der Waals surface area contributed by atoms with E-state index in [0.717, 1.165) is 11.3 Å². The normalized spacial score (nSPS) is 10.8. The van der Waals surface area contributed by atoms with Gasteiger partial charge < -0.3 is 10.1 Å². The molecule has 26 heavy (non-hydrogen) atoms. The molecule has 0 fully saturated rings. The third-order valence-electron chi connectivity index (χ3n) is 3.65. The van der Waals surface area contributed by atoms with Crippen LogP contribution in [0.4, 0.5) is 5.00 Å². The second-order valence-corrected chi connectivity index (χ2v) is 7.43. The molecular formula is C17H17N3O4S2. The van der Waals surface area contributed by atoms with Crippen molar-refractivity contribution in [3.63, 3.8) is 0 Å². The lowest BCUT2D eigenvalue weighted by atomic mass is 10.3. The molecule has 1 amide bonds. The fourth-order valence-corrected chi connectivity index (χ4v) is 4.11. The van der Waals surface area contributed by atoms with E-state index in [-0.39, 0.29) is 18.7 Å². The SMILES string of the molecule is CCOC(=O)c1ccsc1NC(=O)Cn1cnc2sc(CC)cc2c1=O. The van der Waals surface area contributed by atoms with Crippen LogP contribution in [0.1, 0.15) is 29.1 Å². The van der Waals surface area contributed by atoms with E-state index >= 15 is 0 Å². The summed E-state index contributed by atoms with van der Waals surface area (Å²) in [6.07, 6.45) is 2.21. The highest BCUT2D eigenvalue weighted by Gasteiger charge is 2.17. The Kier molecular flexibility index (Phi) is 5.48. The Bertz CT molecular complexity index is 1020. The molecule has 0 spiro atoms. The number of esters is 1. The maximum Gasteiger partial charge on any atom is 0.341 e. The van der Waals surface area contributed by atoms with Gasteiger partial charge in [0.15, 0.2) is 0 Å². The summed E-state index contributed by atoms with van der Waals surface area (Å²) < 4.78 is 6.22. The molecule has 0 bridgehead atoms. The van der Waals surface area contributed by atoms with E-state index in [1.165, 1.54) is 33.6 Å². The third-order valence-corrected chi connectivity index (χ3v) is 5.66. The molecule has 0 aliphatic rings. The van der Waals surface area contributed by atoms with Crippen LogP contribution in [0.25, 0.3) is 10.2 Å². The molecule has 3 heterocycles. The number of aryl methyl sites for hydroxylation is 1. The van der Waals surface area contributed by atoms with Gasteiger partial charge in [0, 0.05) is 4.88 Å². The number of carbonyl (C=O) groups is 2. The lowest BCUT2D eigenvalue weighted by Gasteiger charge is -2.07. The number of rotatable bonds is 6. The van der Waals surface area contributed by atoms with E-state index in [2.05, 4.69) is 10.3 Å². The number of nitrogens with one attached hydrogen (secondary N) is 1. The number of hydrogen-bond donors (Lipinski definition) is 1. The molecule has 1 N–H and O–H groups in total. The lowest BCUT2D eigenvalue weighted by Crippen LogP contribution is -2.27. The van der Waals surface area contributed by atoms with Crippen LogP contribution in [-0.4, -0.2) is 28.0 Å². The van der Waals surface area contributed by atoms with Crippen LogP contribution in [0.5, 0.6) is 0 Å². The molecule has 0 saturated carbocycles. The van der Waals surface area contributed by atoms with Crippen molar-refractivity contribution in [1.82, 2.24) is 9.55 Å². The van der Waals surface area contributed by atoms with E-state index in [4.69, 9.17) is 4.74 Å². The molecule has 0 unspecified atom stereocenters. The Morgan fingerprint density at radius 2 is 2.15 bits per heavy atom. The average Bonchev–Trinajstić information content (AvgIpc) is 3.24. The maximum atomic E-state index is 12.5. The monoisotopic (exact) mass is 391 g/mol. The van der Waals surface area contributed by atoms with Crippen molar-refractivity contribution in [3.05, 3.63) is 44.6 Å². The van der Waals surface area contributed by atoms with E-state index in [0.29, 0.717) is 20.8 Å². The Labute approximate surface area is 157 Å². The molecule has 3 rings (SSSR count). The largest absolute Gasteiger partial charge is 0.462 e. The second kappa shape index (κ2) is 7.79. The Balaban J connectivity index is 1.78. The highest BCUT2D eigenvalue weighted by atomic mass is 32.1. The number of fused-ring (bicyclic) bond motifs is 1. The molecule has 7 nitrogen and oxygen atoms in total. The maximum absolute atomic E-state index is 12.5. The van der Waals surface area contributed by atoms with Gasteiger partial charge in [0.05, 0.1) is 23.9 Å². The van der Waals surface area contributed by atoms with Gasteiger partial charge in [-0.2, -0.15) is 0 Å². The molecule has 0 radical (unpaired) electrons. The Hall–Kier alpha value is -2.52. The summed E-state index contributed by atoms with van der Waals surface area (Å²) in [6, 6.07) is 3.41. The number of hydrogen-bond acceptors (Lipinski definition) is 7. The average molecular weight is 391 g/mol. The smallest absolute Gasteiger partial charge is 0.341 e. The summed E-state index contributed by atoms with van der Waals surface area (Å²) in [5.41, 5.74) is 0.0504. The minimum atomic E-state index is -0.491. The summed E-state index contributed by atoms with van der Waals surface area (Å²) in [6.45, 7) is 3.80. The predicted octanol–water partition coefficient (Wildman–Crippen LogP) is 2.90. The van der Waals surface area contributed by atoms with Gasteiger partial charge in [-0.15, -0.1) is 22.7 Å². The van der Waals surface area contributed by atoms with Crippen LogP contribution < -0.4 is 10.9 Å². The van der Waals surface area contributed by atoms with Crippen LogP contribution in [0.3, 0.4) is 0 Å². The van der Waals surface area contributed by atoms with Crippen LogP contribution in [0.2, 0.25) is 0 Å². The molecule has 0 aromatic carbocycles. The minimum Gasteiger partial charge on any atom is -0.462 e. The van der Waals surface area contributed by atoms with Crippen molar-refractivity contribution >= 4 is 49.8 Å². The summed E-state index contributed by atoms with van der Waals surface area (Å²) in [5.74, 6) is -0.901. The summed E-state index contributed by atoms with van der Waals surface area (Å²) in [5, 5.41) is 5.28. The van der Waals surface area contributed by atoms with Crippen LogP contribution in [0, 0.1) is 0 Å². The molecular weight excluding hydrogens is 374 g/mol. The van der Waals surface area contributed by atoms with Gasteiger partial charge in [-0.25, -0.2) is 9.78 Å². The number of anilines is 1. The Morgan fingerprint density at radius 3 is 2.88 bits per heavy atom. The first-order chi connectivity index (χ1) is 12.5. The van der Waals surface area contributed by atoms with Crippen LogP contribution in [0.15, 0.2) is 28.6 Å². The molecule has 0 aliphatic heterocycles. The molecule has 3 aromatic heterocycles. The number of carbonyl (C=O) groups excluding carboxylic acids is 2. The van der Waals surface area contributed by atoms with Gasteiger partial charge in [-0.05, 0) is 30.9 Å². The van der Waals surface area contributed by atoms with E-state index in [1.807, 2.05) is 13.0 Å². The Morgan fingerprint density at radius 1 is 1.35 bits per heavy atom. The van der Waals surface area contributed by atoms with Crippen molar-refractivity contribution in [2.24, 2.45) is 0 Å². The summed E-state index contributed by atoms with van der Waals surface area (Å²) >= 11 is 2.70. The highest BCUT2D eigenvalue weighted by molar-refractivity contribution is 7.18. The molecule has 0 saturated heterocycles. The van der Waals surface area contributed by atoms with Gasteiger partial charge >= 0.3 is 5.97 Å². The highest BCUT2D eigenvalue weighted by Crippen LogP contribution is 2.24. The van der Waals surface area contributed by atoms with Gasteiger partial charge in [-0.3, -0.25) is 14.2 Å². The second-order valence-electron chi connectivity index (χ2n) is 5.39. The van der Waals surface area contributed by atoms with E-state index < -0.39 is 11.9 Å². The first kappa shape index (κ1) is 18.3. The van der Waals surface area contributed by atoms with Crippen molar-refractivity contribution in [3.8, 4) is 0 Å². The summed E-state index contributed by atoms with van der Waals surface area (Å²) in [7, 11) is 0. The van der Waals surface area contributed by atoms with Crippen molar-refractivity contribution in [2.75, 3.05) is 11.9 Å². The molecule has 0 aliphatic carbocycles. The zero-order chi connectivity index (χ0) is 18.7. The first-order valence-electron chi connectivity index (χ1n) is 8.05. The zero-order valence-electron chi connectivity index (χ0n) is 14.3. The van der Waals surface area contributed by atoms with E-state index in [1.54, 1.807) is 18.4 Å². The number of nitrogens with zero attached hydrogens (tertiary/aromatic N) is 2. The minimum absolute atomic E-state index is 0.181. The fraction of sp³-hybridized carbons (Fsp3) is 0.294.